The summed E-state index contributed by atoms with van der Waals surface area (Å²) in [6.07, 6.45) is 3.18. The number of hydrogen-bond donors (Lipinski definition) is 2. The Balaban J connectivity index is 0.000000437. The first-order valence-electron chi connectivity index (χ1n) is 14.0. The van der Waals surface area contributed by atoms with Gasteiger partial charge in [0.2, 0.25) is 5.56 Å². The highest BCUT2D eigenvalue weighted by molar-refractivity contribution is 6.07. The van der Waals surface area contributed by atoms with Crippen molar-refractivity contribution >= 4 is 29.3 Å². The normalized spacial score (nSPS) is 20.3. The predicted octanol–water partition coefficient (Wildman–Crippen LogP) is 4.28. The highest BCUT2D eigenvalue weighted by atomic mass is 19.3. The van der Waals surface area contributed by atoms with Crippen LogP contribution in [0.25, 0.3) is 5.57 Å². The SMILES string of the molecule is CC1(OC=O)CCC1.CC1CN(c2cc(F)c(C3=CCN(C)C3)cc2NC(=O)c2c[nH]c(=O)cc2C(F)F)CCN1C. The zero-order valence-electron chi connectivity index (χ0n) is 24.4. The van der Waals surface area contributed by atoms with E-state index in [1.807, 2.05) is 36.9 Å². The zero-order valence-corrected chi connectivity index (χ0v) is 24.4. The van der Waals surface area contributed by atoms with Gasteiger partial charge < -0.3 is 24.8 Å². The molecule has 1 aromatic heterocycles. The van der Waals surface area contributed by atoms with Gasteiger partial charge in [0.25, 0.3) is 18.8 Å². The number of likely N-dealkylation sites (N-methyl/N-ethyl adjacent to an activating group) is 2. The molecule has 1 amide bonds. The largest absolute Gasteiger partial charge is 0.462 e. The third-order valence-electron chi connectivity index (χ3n) is 8.25. The molecule has 3 aliphatic rings. The number of amides is 1. The number of pyridine rings is 1. The fourth-order valence-corrected chi connectivity index (χ4v) is 5.28. The van der Waals surface area contributed by atoms with Crippen LogP contribution in [0, 0.1) is 5.82 Å². The van der Waals surface area contributed by atoms with Gasteiger partial charge in [-0.15, -0.1) is 0 Å². The molecule has 5 rings (SSSR count). The lowest BCUT2D eigenvalue weighted by molar-refractivity contribution is -0.149. The second-order valence-electron chi connectivity index (χ2n) is 11.5. The van der Waals surface area contributed by atoms with E-state index >= 15 is 4.39 Å². The lowest BCUT2D eigenvalue weighted by Gasteiger charge is -2.39. The summed E-state index contributed by atoms with van der Waals surface area (Å²) in [4.78, 5) is 42.9. The van der Waals surface area contributed by atoms with E-state index in [1.54, 1.807) is 6.07 Å². The number of benzene rings is 1. The molecule has 3 heterocycles. The van der Waals surface area contributed by atoms with E-state index in [0.29, 0.717) is 49.6 Å². The van der Waals surface area contributed by atoms with Crippen LogP contribution in [-0.4, -0.2) is 85.6 Å². The Bertz CT molecular complexity index is 1390. The third kappa shape index (κ3) is 7.22. The number of H-pyrrole nitrogens is 1. The molecule has 42 heavy (non-hydrogen) atoms. The zero-order chi connectivity index (χ0) is 30.6. The number of halogens is 3. The van der Waals surface area contributed by atoms with Crippen molar-refractivity contribution in [1.29, 1.82) is 0 Å². The number of aromatic amines is 1. The Morgan fingerprint density at radius 3 is 2.50 bits per heavy atom. The Kier molecular flexibility index (Phi) is 9.78. The number of alkyl halides is 2. The number of rotatable bonds is 7. The highest BCUT2D eigenvalue weighted by Gasteiger charge is 2.33. The van der Waals surface area contributed by atoms with E-state index < -0.39 is 29.3 Å². The summed E-state index contributed by atoms with van der Waals surface area (Å²) in [5.41, 5.74) is 0.176. The first-order chi connectivity index (χ1) is 19.9. The Morgan fingerprint density at radius 2 is 1.95 bits per heavy atom. The van der Waals surface area contributed by atoms with Crippen LogP contribution in [0.5, 0.6) is 0 Å². The summed E-state index contributed by atoms with van der Waals surface area (Å²) < 4.78 is 47.1. The highest BCUT2D eigenvalue weighted by Crippen LogP contribution is 2.36. The minimum Gasteiger partial charge on any atom is -0.462 e. The molecule has 2 N–H and O–H groups in total. The fraction of sp³-hybridized carbons (Fsp3) is 0.500. The van der Waals surface area contributed by atoms with Crippen molar-refractivity contribution in [3.8, 4) is 0 Å². The van der Waals surface area contributed by atoms with Crippen molar-refractivity contribution in [2.75, 3.05) is 57.0 Å². The molecule has 0 spiro atoms. The fourth-order valence-electron chi connectivity index (χ4n) is 5.28. The second-order valence-corrected chi connectivity index (χ2v) is 11.5. The summed E-state index contributed by atoms with van der Waals surface area (Å²) in [5.74, 6) is -1.21. The van der Waals surface area contributed by atoms with Gasteiger partial charge in [0.1, 0.15) is 11.4 Å². The van der Waals surface area contributed by atoms with Gasteiger partial charge in [-0.2, -0.15) is 0 Å². The van der Waals surface area contributed by atoms with Crippen molar-refractivity contribution in [2.45, 2.75) is 51.2 Å². The van der Waals surface area contributed by atoms with Crippen LogP contribution < -0.4 is 15.8 Å². The number of aromatic nitrogens is 1. The molecule has 0 bridgehead atoms. The lowest BCUT2D eigenvalue weighted by atomic mass is 9.82. The van der Waals surface area contributed by atoms with E-state index in [4.69, 9.17) is 4.74 Å². The Morgan fingerprint density at radius 1 is 1.21 bits per heavy atom. The number of anilines is 2. The Hall–Kier alpha value is -3.64. The van der Waals surface area contributed by atoms with E-state index in [0.717, 1.165) is 37.2 Å². The Labute approximate surface area is 243 Å². The second kappa shape index (κ2) is 13.1. The summed E-state index contributed by atoms with van der Waals surface area (Å²) in [6, 6.07) is 3.90. The van der Waals surface area contributed by atoms with Gasteiger partial charge in [-0.3, -0.25) is 19.3 Å². The molecule has 2 fully saturated rings. The van der Waals surface area contributed by atoms with Gasteiger partial charge in [-0.1, -0.05) is 6.08 Å². The number of nitrogens with one attached hydrogen (secondary N) is 2. The average Bonchev–Trinajstić information content (AvgIpc) is 3.36. The maximum Gasteiger partial charge on any atom is 0.293 e. The monoisotopic (exact) mass is 589 g/mol. The minimum absolute atomic E-state index is 0.0955. The molecule has 1 aromatic carbocycles. The van der Waals surface area contributed by atoms with E-state index in [1.165, 1.54) is 12.5 Å². The van der Waals surface area contributed by atoms with Gasteiger partial charge in [-0.25, -0.2) is 13.2 Å². The molecule has 1 aliphatic carbocycles. The summed E-state index contributed by atoms with van der Waals surface area (Å²) >= 11 is 0. The van der Waals surface area contributed by atoms with E-state index in [2.05, 4.69) is 22.1 Å². The minimum atomic E-state index is -3.00. The predicted molar refractivity (Wildman–Crippen MR) is 156 cm³/mol. The first kappa shape index (κ1) is 31.3. The lowest BCUT2D eigenvalue weighted by Crippen LogP contribution is -2.50. The number of carbonyl (C=O) groups excluding carboxylic acids is 2. The smallest absolute Gasteiger partial charge is 0.293 e. The van der Waals surface area contributed by atoms with Gasteiger partial charge in [0.05, 0.1) is 16.9 Å². The quantitative estimate of drug-likeness (QED) is 0.466. The van der Waals surface area contributed by atoms with Crippen LogP contribution in [0.3, 0.4) is 0 Å². The van der Waals surface area contributed by atoms with Crippen LogP contribution in [-0.2, 0) is 9.53 Å². The number of piperazine rings is 1. The number of hydrogen-bond acceptors (Lipinski definition) is 7. The maximum atomic E-state index is 15.3. The molecular weight excluding hydrogens is 551 g/mol. The van der Waals surface area contributed by atoms with Gasteiger partial charge in [-0.05, 0) is 64.9 Å². The van der Waals surface area contributed by atoms with Crippen molar-refractivity contribution in [3.63, 3.8) is 0 Å². The van der Waals surface area contributed by atoms with Crippen LogP contribution >= 0.6 is 0 Å². The maximum absolute atomic E-state index is 15.3. The van der Waals surface area contributed by atoms with Crippen LogP contribution in [0.2, 0.25) is 0 Å². The van der Waals surface area contributed by atoms with Gasteiger partial charge >= 0.3 is 0 Å². The molecular formula is C30H38F3N5O4. The van der Waals surface area contributed by atoms with Gasteiger partial charge in [0, 0.05) is 62.2 Å². The topological polar surface area (TPSA) is 98.0 Å². The molecule has 9 nitrogen and oxygen atoms in total. The number of ether oxygens (including phenoxy) is 1. The molecule has 1 saturated heterocycles. The summed E-state index contributed by atoms with van der Waals surface area (Å²) in [5, 5.41) is 2.71. The molecule has 0 radical (unpaired) electrons. The molecule has 12 heteroatoms. The molecule has 2 aromatic rings. The molecule has 1 saturated carbocycles. The number of nitrogens with zero attached hydrogens (tertiary/aromatic N) is 3. The number of carbonyl (C=O) groups is 2. The van der Waals surface area contributed by atoms with Crippen molar-refractivity contribution in [2.24, 2.45) is 0 Å². The summed E-state index contributed by atoms with van der Waals surface area (Å²) in [7, 11) is 3.94. The van der Waals surface area contributed by atoms with Crippen LogP contribution in [0.4, 0.5) is 24.5 Å². The van der Waals surface area contributed by atoms with Crippen molar-refractivity contribution < 1.29 is 27.5 Å². The molecule has 1 atom stereocenters. The van der Waals surface area contributed by atoms with Crippen LogP contribution in [0.1, 0.15) is 61.0 Å². The van der Waals surface area contributed by atoms with Crippen LogP contribution in [0.15, 0.2) is 35.3 Å². The first-order valence-corrected chi connectivity index (χ1v) is 14.0. The average molecular weight is 590 g/mol. The molecule has 228 valence electrons. The van der Waals surface area contributed by atoms with Crippen molar-refractivity contribution in [3.05, 3.63) is 63.3 Å². The third-order valence-corrected chi connectivity index (χ3v) is 8.25. The van der Waals surface area contributed by atoms with E-state index in [9.17, 15) is 23.2 Å². The van der Waals surface area contributed by atoms with Crippen molar-refractivity contribution in [1.82, 2.24) is 14.8 Å². The summed E-state index contributed by atoms with van der Waals surface area (Å²) in [6.45, 7) is 7.80. The molecule has 1 unspecified atom stereocenters. The standard InChI is InChI=1S/C24H28F3N5O2.C6H10O2/c1-14-12-32(7-6-31(14)3)21-10-19(25)16(15-4-5-30(2)13-15)8-20(21)29-24(34)18-11-28-22(33)9-17(18)23(26)27;1-6(8-5-7)3-2-4-6/h4,8-11,14,23H,5-7,12-13H2,1-3H3,(H,28,33)(H,29,34);5H,2-4H2,1H3. The molecule has 2 aliphatic heterocycles. The van der Waals surface area contributed by atoms with Gasteiger partial charge in [0.15, 0.2) is 0 Å². The van der Waals surface area contributed by atoms with E-state index in [-0.39, 0.29) is 17.2 Å².